The Bertz CT molecular complexity index is 380. The van der Waals surface area contributed by atoms with Crippen LogP contribution in [0.25, 0.3) is 0 Å². The molecular formula is C16H27NS. The van der Waals surface area contributed by atoms with E-state index in [2.05, 4.69) is 45.1 Å². The highest BCUT2D eigenvalue weighted by molar-refractivity contribution is 7.11. The van der Waals surface area contributed by atoms with E-state index in [0.29, 0.717) is 11.5 Å². The highest BCUT2D eigenvalue weighted by atomic mass is 32.1. The van der Waals surface area contributed by atoms with E-state index in [1.54, 1.807) is 0 Å². The van der Waals surface area contributed by atoms with Crippen molar-refractivity contribution in [3.63, 3.8) is 0 Å². The lowest BCUT2D eigenvalue weighted by atomic mass is 9.70. The number of nitrogens with one attached hydrogen (secondary N) is 1. The van der Waals surface area contributed by atoms with Crippen LogP contribution < -0.4 is 5.32 Å². The van der Waals surface area contributed by atoms with Gasteiger partial charge in [0.05, 0.1) is 0 Å². The fourth-order valence-electron chi connectivity index (χ4n) is 3.19. The van der Waals surface area contributed by atoms with Crippen molar-refractivity contribution in [2.75, 3.05) is 0 Å². The van der Waals surface area contributed by atoms with Crippen molar-refractivity contribution in [2.24, 2.45) is 11.3 Å². The van der Waals surface area contributed by atoms with E-state index in [9.17, 15) is 0 Å². The zero-order chi connectivity index (χ0) is 13.2. The first-order chi connectivity index (χ1) is 8.50. The Morgan fingerprint density at radius 1 is 1.33 bits per heavy atom. The normalized spacial score (nSPS) is 27.3. The predicted molar refractivity (Wildman–Crippen MR) is 81.1 cm³/mol. The summed E-state index contributed by atoms with van der Waals surface area (Å²) in [6.07, 6.45) is 5.22. The van der Waals surface area contributed by atoms with Gasteiger partial charge in [0.25, 0.3) is 0 Å². The molecule has 1 N–H and O–H groups in total. The van der Waals surface area contributed by atoms with E-state index in [0.717, 1.165) is 12.5 Å². The molecule has 1 saturated carbocycles. The molecule has 1 aromatic heterocycles. The molecule has 1 fully saturated rings. The van der Waals surface area contributed by atoms with E-state index in [4.69, 9.17) is 0 Å². The van der Waals surface area contributed by atoms with Crippen LogP contribution in [-0.2, 0) is 13.0 Å². The SMILES string of the molecule is CCc1ccc(CNC2CCC(C)(C)CC2C)s1. The van der Waals surface area contributed by atoms with Gasteiger partial charge in [-0.05, 0) is 49.1 Å². The monoisotopic (exact) mass is 265 g/mol. The van der Waals surface area contributed by atoms with Crippen molar-refractivity contribution in [3.8, 4) is 0 Å². The van der Waals surface area contributed by atoms with Crippen LogP contribution >= 0.6 is 11.3 Å². The first-order valence-corrected chi connectivity index (χ1v) is 8.13. The van der Waals surface area contributed by atoms with E-state index in [1.807, 2.05) is 11.3 Å². The lowest BCUT2D eigenvalue weighted by Crippen LogP contribution is -2.41. The molecule has 1 aliphatic rings. The van der Waals surface area contributed by atoms with Crippen LogP contribution in [0.5, 0.6) is 0 Å². The molecule has 1 nitrogen and oxygen atoms in total. The molecular weight excluding hydrogens is 238 g/mol. The van der Waals surface area contributed by atoms with E-state index in [1.165, 1.54) is 35.4 Å². The Balaban J connectivity index is 1.83. The van der Waals surface area contributed by atoms with Crippen LogP contribution in [0.3, 0.4) is 0 Å². The molecule has 0 amide bonds. The summed E-state index contributed by atoms with van der Waals surface area (Å²) in [5.74, 6) is 0.805. The van der Waals surface area contributed by atoms with Crippen molar-refractivity contribution >= 4 is 11.3 Å². The van der Waals surface area contributed by atoms with Gasteiger partial charge in [0.15, 0.2) is 0 Å². The van der Waals surface area contributed by atoms with Gasteiger partial charge in [-0.25, -0.2) is 0 Å². The number of hydrogen-bond donors (Lipinski definition) is 1. The topological polar surface area (TPSA) is 12.0 Å². The number of rotatable bonds is 4. The third-order valence-electron chi connectivity index (χ3n) is 4.30. The minimum Gasteiger partial charge on any atom is -0.309 e. The summed E-state index contributed by atoms with van der Waals surface area (Å²) in [5, 5.41) is 3.77. The van der Waals surface area contributed by atoms with Crippen molar-refractivity contribution < 1.29 is 0 Å². The Morgan fingerprint density at radius 2 is 2.06 bits per heavy atom. The lowest BCUT2D eigenvalue weighted by molar-refractivity contribution is 0.148. The molecule has 0 saturated heterocycles. The second-order valence-corrected chi connectivity index (χ2v) is 7.85. The zero-order valence-corrected chi connectivity index (χ0v) is 13.1. The zero-order valence-electron chi connectivity index (χ0n) is 12.3. The summed E-state index contributed by atoms with van der Waals surface area (Å²) >= 11 is 1.96. The van der Waals surface area contributed by atoms with Gasteiger partial charge in [0, 0.05) is 22.3 Å². The summed E-state index contributed by atoms with van der Waals surface area (Å²) in [4.78, 5) is 2.99. The quantitative estimate of drug-likeness (QED) is 0.838. The number of thiophene rings is 1. The molecule has 2 rings (SSSR count). The van der Waals surface area contributed by atoms with Crippen LogP contribution in [0.2, 0.25) is 0 Å². The molecule has 2 atom stereocenters. The van der Waals surface area contributed by atoms with E-state index in [-0.39, 0.29) is 0 Å². The van der Waals surface area contributed by atoms with Crippen molar-refractivity contribution in [2.45, 2.75) is 66.0 Å². The van der Waals surface area contributed by atoms with Crippen molar-refractivity contribution in [3.05, 3.63) is 21.9 Å². The second kappa shape index (κ2) is 5.75. The summed E-state index contributed by atoms with van der Waals surface area (Å²) in [5.41, 5.74) is 0.551. The lowest BCUT2D eigenvalue weighted by Gasteiger charge is -2.39. The summed E-state index contributed by atoms with van der Waals surface area (Å²) in [7, 11) is 0. The number of hydrogen-bond acceptors (Lipinski definition) is 2. The average Bonchev–Trinajstić information content (AvgIpc) is 2.75. The molecule has 0 spiro atoms. The van der Waals surface area contributed by atoms with Crippen molar-refractivity contribution in [1.82, 2.24) is 5.32 Å². The van der Waals surface area contributed by atoms with E-state index < -0.39 is 0 Å². The van der Waals surface area contributed by atoms with Crippen LogP contribution in [0.15, 0.2) is 12.1 Å². The molecule has 0 aliphatic heterocycles. The maximum Gasteiger partial charge on any atom is 0.0302 e. The minimum absolute atomic E-state index is 0.551. The van der Waals surface area contributed by atoms with E-state index >= 15 is 0 Å². The highest BCUT2D eigenvalue weighted by Gasteiger charge is 2.31. The third kappa shape index (κ3) is 3.58. The van der Waals surface area contributed by atoms with Gasteiger partial charge in [-0.15, -0.1) is 11.3 Å². The maximum atomic E-state index is 3.77. The van der Waals surface area contributed by atoms with Gasteiger partial charge in [0.2, 0.25) is 0 Å². The average molecular weight is 265 g/mol. The van der Waals surface area contributed by atoms with Gasteiger partial charge < -0.3 is 5.32 Å². The molecule has 0 bridgehead atoms. The summed E-state index contributed by atoms with van der Waals surface area (Å²) in [6.45, 7) is 10.5. The van der Waals surface area contributed by atoms with Gasteiger partial charge in [-0.1, -0.05) is 27.7 Å². The summed E-state index contributed by atoms with van der Waals surface area (Å²) < 4.78 is 0. The van der Waals surface area contributed by atoms with Gasteiger partial charge in [-0.3, -0.25) is 0 Å². The van der Waals surface area contributed by atoms with Gasteiger partial charge >= 0.3 is 0 Å². The summed E-state index contributed by atoms with van der Waals surface area (Å²) in [6, 6.07) is 5.27. The fourth-order valence-corrected chi connectivity index (χ4v) is 4.10. The standard InChI is InChI=1S/C16H27NS/c1-5-13-6-7-14(18-13)11-17-15-8-9-16(3,4)10-12(15)2/h6-7,12,15,17H,5,8-11H2,1-4H3. The van der Waals surface area contributed by atoms with Crippen LogP contribution in [0.1, 0.15) is 56.7 Å². The first kappa shape index (κ1) is 14.1. The molecule has 2 heteroatoms. The smallest absolute Gasteiger partial charge is 0.0302 e. The van der Waals surface area contributed by atoms with Crippen molar-refractivity contribution in [1.29, 1.82) is 0 Å². The van der Waals surface area contributed by atoms with Crippen LogP contribution in [0.4, 0.5) is 0 Å². The molecule has 1 aromatic rings. The molecule has 0 aromatic carbocycles. The Labute approximate surface area is 116 Å². The Morgan fingerprint density at radius 3 is 2.67 bits per heavy atom. The third-order valence-corrected chi connectivity index (χ3v) is 5.53. The molecule has 1 aliphatic carbocycles. The fraction of sp³-hybridized carbons (Fsp3) is 0.750. The Hall–Kier alpha value is -0.340. The second-order valence-electron chi connectivity index (χ2n) is 6.59. The predicted octanol–water partition coefficient (Wildman–Crippen LogP) is 4.61. The molecule has 2 unspecified atom stereocenters. The number of aryl methyl sites for hydroxylation is 1. The van der Waals surface area contributed by atoms with Gasteiger partial charge in [0.1, 0.15) is 0 Å². The largest absolute Gasteiger partial charge is 0.309 e. The van der Waals surface area contributed by atoms with Gasteiger partial charge in [-0.2, -0.15) is 0 Å². The molecule has 0 radical (unpaired) electrons. The van der Waals surface area contributed by atoms with Crippen LogP contribution in [-0.4, -0.2) is 6.04 Å². The first-order valence-electron chi connectivity index (χ1n) is 7.31. The molecule has 1 heterocycles. The highest BCUT2D eigenvalue weighted by Crippen LogP contribution is 2.38. The molecule has 102 valence electrons. The molecule has 18 heavy (non-hydrogen) atoms. The Kier molecular flexibility index (Phi) is 4.50. The van der Waals surface area contributed by atoms with Crippen LogP contribution in [0, 0.1) is 11.3 Å². The maximum absolute atomic E-state index is 3.77. The minimum atomic E-state index is 0.551.